The number of benzene rings is 2. The number of nitrogens with zero attached hydrogens (tertiary/aromatic N) is 3. The average Bonchev–Trinajstić information content (AvgIpc) is 2.92. The van der Waals surface area contributed by atoms with Crippen molar-refractivity contribution in [1.82, 2.24) is 4.57 Å². The number of fused-ring (bicyclic) bond motifs is 1. The highest BCUT2D eigenvalue weighted by Gasteiger charge is 2.13. The Labute approximate surface area is 160 Å². The van der Waals surface area contributed by atoms with Crippen molar-refractivity contribution in [3.05, 3.63) is 79.2 Å². The number of carbonyl (C=O) groups excluding carboxylic acids is 1. The van der Waals surface area contributed by atoms with Crippen molar-refractivity contribution in [2.24, 2.45) is 4.99 Å². The fourth-order valence-electron chi connectivity index (χ4n) is 2.35. The number of hydrogen-bond acceptors (Lipinski definition) is 4. The molecule has 6 nitrogen and oxygen atoms in total. The minimum atomic E-state index is -0.439. The quantitative estimate of drug-likeness (QED) is 0.252. The van der Waals surface area contributed by atoms with Crippen LogP contribution in [0.5, 0.6) is 0 Å². The van der Waals surface area contributed by atoms with E-state index in [1.807, 2.05) is 16.7 Å². The lowest BCUT2D eigenvalue weighted by molar-refractivity contribution is -0.384. The summed E-state index contributed by atoms with van der Waals surface area (Å²) in [5, 5.41) is 11.0. The van der Waals surface area contributed by atoms with E-state index >= 15 is 0 Å². The smallest absolute Gasteiger partial charge is 0.280 e. The Morgan fingerprint density at radius 2 is 2.12 bits per heavy atom. The standard InChI is InChI=1S/C17H12IN3O3S/c1-2-9-20-14-8-7-11(21(23)24)10-15(14)25-17(20)19-16(22)12-5-3-4-6-13(12)18/h2-8,10H,1,9H2. The first-order valence-electron chi connectivity index (χ1n) is 7.23. The number of hydrogen-bond donors (Lipinski definition) is 0. The van der Waals surface area contributed by atoms with E-state index in [9.17, 15) is 14.9 Å². The van der Waals surface area contributed by atoms with Crippen LogP contribution in [0.15, 0.2) is 60.1 Å². The number of non-ortho nitro benzene ring substituents is 1. The summed E-state index contributed by atoms with van der Waals surface area (Å²) < 4.78 is 3.34. The van der Waals surface area contributed by atoms with Crippen LogP contribution in [0.3, 0.4) is 0 Å². The third-order valence-corrected chi connectivity index (χ3v) is 5.47. The Morgan fingerprint density at radius 3 is 2.80 bits per heavy atom. The molecule has 1 amide bonds. The highest BCUT2D eigenvalue weighted by atomic mass is 127. The summed E-state index contributed by atoms with van der Waals surface area (Å²) in [5.74, 6) is -0.344. The van der Waals surface area contributed by atoms with Crippen molar-refractivity contribution in [1.29, 1.82) is 0 Å². The van der Waals surface area contributed by atoms with Gasteiger partial charge in [-0.25, -0.2) is 0 Å². The van der Waals surface area contributed by atoms with Gasteiger partial charge in [-0.15, -0.1) is 6.58 Å². The molecule has 1 aromatic heterocycles. The molecule has 0 spiro atoms. The van der Waals surface area contributed by atoms with Gasteiger partial charge in [0.1, 0.15) is 0 Å². The van der Waals surface area contributed by atoms with Crippen LogP contribution in [-0.2, 0) is 6.54 Å². The molecule has 0 radical (unpaired) electrons. The molecule has 2 aromatic carbocycles. The van der Waals surface area contributed by atoms with Gasteiger partial charge in [-0.05, 0) is 40.8 Å². The van der Waals surface area contributed by atoms with Gasteiger partial charge in [0.2, 0.25) is 0 Å². The Balaban J connectivity index is 2.18. The van der Waals surface area contributed by atoms with Crippen LogP contribution in [0, 0.1) is 13.7 Å². The fourth-order valence-corrected chi connectivity index (χ4v) is 4.04. The van der Waals surface area contributed by atoms with Crippen molar-refractivity contribution in [2.45, 2.75) is 6.54 Å². The summed E-state index contributed by atoms with van der Waals surface area (Å²) in [6.07, 6.45) is 1.70. The van der Waals surface area contributed by atoms with E-state index in [1.54, 1.807) is 24.3 Å². The highest BCUT2D eigenvalue weighted by Crippen LogP contribution is 2.23. The van der Waals surface area contributed by atoms with Gasteiger partial charge in [0.25, 0.3) is 11.6 Å². The molecule has 0 bridgehead atoms. The molecule has 0 unspecified atom stereocenters. The van der Waals surface area contributed by atoms with Crippen molar-refractivity contribution >= 4 is 55.7 Å². The van der Waals surface area contributed by atoms with E-state index in [2.05, 4.69) is 34.2 Å². The van der Waals surface area contributed by atoms with Gasteiger partial charge in [0.05, 0.1) is 20.7 Å². The number of aromatic nitrogens is 1. The number of nitro benzene ring substituents is 1. The molecule has 25 heavy (non-hydrogen) atoms. The summed E-state index contributed by atoms with van der Waals surface area (Å²) in [6.45, 7) is 4.18. The second-order valence-corrected chi connectivity index (χ2v) is 7.26. The summed E-state index contributed by atoms with van der Waals surface area (Å²) in [5.41, 5.74) is 1.32. The Morgan fingerprint density at radius 1 is 1.36 bits per heavy atom. The number of carbonyl (C=O) groups is 1. The van der Waals surface area contributed by atoms with Gasteiger partial charge in [-0.2, -0.15) is 4.99 Å². The number of thiazole rings is 1. The van der Waals surface area contributed by atoms with Gasteiger partial charge >= 0.3 is 0 Å². The first-order chi connectivity index (χ1) is 12.0. The van der Waals surface area contributed by atoms with Gasteiger partial charge in [-0.3, -0.25) is 14.9 Å². The summed E-state index contributed by atoms with van der Waals surface area (Å²) >= 11 is 3.34. The lowest BCUT2D eigenvalue weighted by Gasteiger charge is -2.01. The van der Waals surface area contributed by atoms with E-state index < -0.39 is 4.92 Å². The molecule has 0 aliphatic rings. The SMILES string of the molecule is C=CCn1c(=NC(=O)c2ccccc2I)sc2cc([N+](=O)[O-])ccc21. The Kier molecular flexibility index (Phi) is 5.09. The van der Waals surface area contributed by atoms with E-state index in [1.165, 1.54) is 23.5 Å². The maximum absolute atomic E-state index is 12.5. The molecule has 3 rings (SSSR count). The summed E-state index contributed by atoms with van der Waals surface area (Å²) in [7, 11) is 0. The predicted octanol–water partition coefficient (Wildman–Crippen LogP) is 4.14. The lowest BCUT2D eigenvalue weighted by atomic mass is 10.2. The van der Waals surface area contributed by atoms with Gasteiger partial charge in [0.15, 0.2) is 4.80 Å². The van der Waals surface area contributed by atoms with E-state index in [4.69, 9.17) is 0 Å². The number of rotatable bonds is 4. The predicted molar refractivity (Wildman–Crippen MR) is 106 cm³/mol. The Bertz CT molecular complexity index is 1070. The number of halogens is 1. The van der Waals surface area contributed by atoms with Crippen molar-refractivity contribution < 1.29 is 9.72 Å². The van der Waals surface area contributed by atoms with E-state index in [0.717, 1.165) is 9.09 Å². The summed E-state index contributed by atoms with van der Waals surface area (Å²) in [6, 6.07) is 11.8. The summed E-state index contributed by atoms with van der Waals surface area (Å²) in [4.78, 5) is 27.8. The molecule has 126 valence electrons. The second-order valence-electron chi connectivity index (χ2n) is 5.09. The molecule has 0 aliphatic carbocycles. The fraction of sp³-hybridized carbons (Fsp3) is 0.0588. The molecule has 0 atom stereocenters. The van der Waals surface area contributed by atoms with Crippen molar-refractivity contribution in [2.75, 3.05) is 0 Å². The minimum Gasteiger partial charge on any atom is -0.312 e. The topological polar surface area (TPSA) is 77.5 Å². The molecule has 0 fully saturated rings. The maximum Gasteiger partial charge on any atom is 0.280 e. The van der Waals surface area contributed by atoms with Crippen LogP contribution in [0.1, 0.15) is 10.4 Å². The van der Waals surface area contributed by atoms with Gasteiger partial charge in [0, 0.05) is 22.2 Å². The zero-order valence-corrected chi connectivity index (χ0v) is 15.9. The molecule has 8 heteroatoms. The number of nitro groups is 1. The largest absolute Gasteiger partial charge is 0.312 e. The first kappa shape index (κ1) is 17.5. The van der Waals surface area contributed by atoms with Crippen LogP contribution < -0.4 is 4.80 Å². The number of allylic oxidation sites excluding steroid dienone is 1. The van der Waals surface area contributed by atoms with Gasteiger partial charge < -0.3 is 4.57 Å². The monoisotopic (exact) mass is 465 g/mol. The number of amides is 1. The van der Waals surface area contributed by atoms with Crippen LogP contribution in [-0.4, -0.2) is 15.4 Å². The average molecular weight is 465 g/mol. The van der Waals surface area contributed by atoms with Gasteiger partial charge in [-0.1, -0.05) is 29.5 Å². The van der Waals surface area contributed by atoms with Crippen LogP contribution >= 0.6 is 33.9 Å². The molecular weight excluding hydrogens is 453 g/mol. The van der Waals surface area contributed by atoms with Crippen LogP contribution in [0.4, 0.5) is 5.69 Å². The van der Waals surface area contributed by atoms with Crippen molar-refractivity contribution in [3.8, 4) is 0 Å². The second kappa shape index (κ2) is 7.28. The molecule has 0 saturated carbocycles. The molecular formula is C17H12IN3O3S. The molecule has 0 saturated heterocycles. The zero-order chi connectivity index (χ0) is 18.0. The third-order valence-electron chi connectivity index (χ3n) is 3.49. The van der Waals surface area contributed by atoms with E-state index in [-0.39, 0.29) is 11.6 Å². The third kappa shape index (κ3) is 3.54. The van der Waals surface area contributed by atoms with E-state index in [0.29, 0.717) is 21.6 Å². The zero-order valence-electron chi connectivity index (χ0n) is 12.9. The van der Waals surface area contributed by atoms with Crippen LogP contribution in [0.25, 0.3) is 10.2 Å². The maximum atomic E-state index is 12.5. The molecule has 0 N–H and O–H groups in total. The normalized spacial score (nSPS) is 11.6. The van der Waals surface area contributed by atoms with Crippen LogP contribution in [0.2, 0.25) is 0 Å². The Hall–Kier alpha value is -2.33. The highest BCUT2D eigenvalue weighted by molar-refractivity contribution is 14.1. The first-order valence-corrected chi connectivity index (χ1v) is 9.13. The minimum absolute atomic E-state index is 0.00925. The lowest BCUT2D eigenvalue weighted by Crippen LogP contribution is -2.16. The molecule has 0 aliphatic heterocycles. The van der Waals surface area contributed by atoms with Crippen molar-refractivity contribution in [3.63, 3.8) is 0 Å². The molecule has 1 heterocycles. The molecule has 3 aromatic rings.